The minimum absolute atomic E-state index is 0.0574. The van der Waals surface area contributed by atoms with E-state index in [1.807, 2.05) is 26.2 Å². The fourth-order valence-electron chi connectivity index (χ4n) is 5.13. The van der Waals surface area contributed by atoms with Gasteiger partial charge in [-0.25, -0.2) is 9.37 Å². The number of aromatic nitrogens is 1. The lowest BCUT2D eigenvalue weighted by molar-refractivity contribution is -0.137. The van der Waals surface area contributed by atoms with Gasteiger partial charge in [-0.15, -0.1) is 11.3 Å². The number of nitrogens with zero attached hydrogens (tertiary/aromatic N) is 2. The van der Waals surface area contributed by atoms with Crippen LogP contribution in [0.3, 0.4) is 0 Å². The molecule has 1 aliphatic rings. The molecule has 2 aromatic carbocycles. The fourth-order valence-corrected chi connectivity index (χ4v) is 5.80. The van der Waals surface area contributed by atoms with E-state index in [2.05, 4.69) is 4.98 Å². The van der Waals surface area contributed by atoms with Gasteiger partial charge >= 0.3 is 5.97 Å². The van der Waals surface area contributed by atoms with Crippen molar-refractivity contribution in [1.29, 1.82) is 5.41 Å². The van der Waals surface area contributed by atoms with Gasteiger partial charge in [0.2, 0.25) is 0 Å². The van der Waals surface area contributed by atoms with Crippen LogP contribution in [-0.2, 0) is 23.2 Å². The maximum absolute atomic E-state index is 15.3. The largest absolute Gasteiger partial charge is 0.493 e. The number of methoxy groups -OCH3 is 2. The molecule has 1 aliphatic heterocycles. The second kappa shape index (κ2) is 14.7. The van der Waals surface area contributed by atoms with E-state index < -0.39 is 17.2 Å². The molecule has 0 amide bonds. The first-order chi connectivity index (χ1) is 21.4. The number of fused-ring (bicyclic) bond motifs is 1. The van der Waals surface area contributed by atoms with E-state index >= 15 is 4.39 Å². The highest BCUT2D eigenvalue weighted by Gasteiger charge is 2.33. The van der Waals surface area contributed by atoms with Crippen LogP contribution in [0, 0.1) is 11.2 Å². The molecule has 12 heteroatoms. The van der Waals surface area contributed by atoms with Crippen LogP contribution >= 0.6 is 11.3 Å². The van der Waals surface area contributed by atoms with E-state index in [0.29, 0.717) is 55.1 Å². The van der Waals surface area contributed by atoms with Crippen LogP contribution in [0.4, 0.5) is 4.39 Å². The maximum Gasteiger partial charge on any atom is 0.303 e. The number of amidine groups is 1. The van der Waals surface area contributed by atoms with E-state index in [0.717, 1.165) is 17.0 Å². The third kappa shape index (κ3) is 8.10. The monoisotopic (exact) mass is 641 g/mol. The molecule has 4 rings (SSSR count). The highest BCUT2D eigenvalue weighted by Crippen LogP contribution is 2.41. The molecule has 0 radical (unpaired) electrons. The van der Waals surface area contributed by atoms with Crippen molar-refractivity contribution in [3.8, 4) is 23.0 Å². The van der Waals surface area contributed by atoms with Gasteiger partial charge in [0.25, 0.3) is 0 Å². The van der Waals surface area contributed by atoms with Crippen molar-refractivity contribution in [3.63, 3.8) is 0 Å². The zero-order valence-corrected chi connectivity index (χ0v) is 27.1. The van der Waals surface area contributed by atoms with Gasteiger partial charge in [-0.2, -0.15) is 0 Å². The zero-order chi connectivity index (χ0) is 32.7. The number of thiazole rings is 1. The number of halogens is 1. The number of carboxylic acid groups (broad SMARTS) is 1. The Labute approximate surface area is 266 Å². The van der Waals surface area contributed by atoms with Crippen molar-refractivity contribution in [2.24, 2.45) is 0 Å². The average molecular weight is 642 g/mol. The van der Waals surface area contributed by atoms with Crippen molar-refractivity contribution < 1.29 is 38.0 Å². The first-order valence-electron chi connectivity index (χ1n) is 14.8. The molecule has 0 saturated carbocycles. The van der Waals surface area contributed by atoms with Gasteiger partial charge in [0.1, 0.15) is 5.84 Å². The number of ketones is 1. The van der Waals surface area contributed by atoms with E-state index in [9.17, 15) is 9.59 Å². The van der Waals surface area contributed by atoms with Crippen molar-refractivity contribution >= 4 is 28.9 Å². The zero-order valence-electron chi connectivity index (χ0n) is 26.3. The second-order valence-corrected chi connectivity index (χ2v) is 12.7. The van der Waals surface area contributed by atoms with Gasteiger partial charge < -0.3 is 29.0 Å². The number of carbonyl (C=O) groups is 2. The smallest absolute Gasteiger partial charge is 0.303 e. The number of rotatable bonds is 16. The number of hydrogen-bond acceptors (Lipinski definition) is 9. The summed E-state index contributed by atoms with van der Waals surface area (Å²) in [5, 5.41) is 20.6. The predicted octanol–water partition coefficient (Wildman–Crippen LogP) is 6.27. The third-order valence-corrected chi connectivity index (χ3v) is 8.27. The normalized spacial score (nSPS) is 12.7. The van der Waals surface area contributed by atoms with E-state index in [4.69, 9.17) is 29.5 Å². The number of carboxylic acids is 1. The summed E-state index contributed by atoms with van der Waals surface area (Å²) in [4.78, 5) is 30.6. The van der Waals surface area contributed by atoms with Crippen molar-refractivity contribution in [1.82, 2.24) is 9.88 Å². The molecule has 2 heterocycles. The lowest BCUT2D eigenvalue weighted by Gasteiger charge is -2.26. The molecule has 2 N–H and O–H groups in total. The Morgan fingerprint density at radius 3 is 2.44 bits per heavy atom. The molecule has 0 saturated heterocycles. The first-order valence-corrected chi connectivity index (χ1v) is 15.7. The molecule has 3 aromatic rings. The van der Waals surface area contributed by atoms with E-state index in [1.54, 1.807) is 35.7 Å². The van der Waals surface area contributed by atoms with Crippen LogP contribution in [0.25, 0.3) is 0 Å². The van der Waals surface area contributed by atoms with E-state index in [1.165, 1.54) is 19.1 Å². The molecule has 0 unspecified atom stereocenters. The highest BCUT2D eigenvalue weighted by molar-refractivity contribution is 7.09. The number of carbonyl (C=O) groups excluding carboxylic acids is 1. The maximum atomic E-state index is 15.3. The summed E-state index contributed by atoms with van der Waals surface area (Å²) in [6.45, 7) is 6.70. The Kier molecular flexibility index (Phi) is 11.0. The summed E-state index contributed by atoms with van der Waals surface area (Å²) in [5.74, 6) is -0.841. The number of ether oxygens (including phenoxy) is 4. The number of benzene rings is 2. The molecule has 10 nitrogen and oxygen atoms in total. The average Bonchev–Trinajstić information content (AvgIpc) is 3.62. The molecular formula is C33H40FN3O7S. The molecule has 1 aromatic heterocycles. The number of aryl methyl sites for hydroxylation is 1. The van der Waals surface area contributed by atoms with Gasteiger partial charge in [0, 0.05) is 42.1 Å². The van der Waals surface area contributed by atoms with E-state index in [-0.39, 0.29) is 48.2 Å². The highest BCUT2D eigenvalue weighted by atomic mass is 32.1. The predicted molar refractivity (Wildman–Crippen MR) is 169 cm³/mol. The molecule has 0 atom stereocenters. The summed E-state index contributed by atoms with van der Waals surface area (Å²) in [6, 6.07) is 5.08. The van der Waals surface area contributed by atoms with Crippen molar-refractivity contribution in [3.05, 3.63) is 62.9 Å². The quantitative estimate of drug-likeness (QED) is 0.137. The fraction of sp³-hybridized carbons (Fsp3) is 0.455. The number of aliphatic carboxylic acids is 1. The minimum Gasteiger partial charge on any atom is -0.493 e. The third-order valence-electron chi connectivity index (χ3n) is 7.43. The van der Waals surface area contributed by atoms with Crippen molar-refractivity contribution in [2.75, 3.05) is 34.0 Å². The summed E-state index contributed by atoms with van der Waals surface area (Å²) in [6.07, 6.45) is 4.30. The molecule has 0 bridgehead atoms. The standard InChI is InChI=1S/C33H40FN3O7S/c1-33(2,3)22-15-20(23(38)19-37-18-21-17-24(41-4)31(42-5)29(34)28(21)32(37)35)16-25(30(22)44-12-7-6-10-27(39)40)43-13-8-9-26-36-11-14-45-26/h11,14-17,35H,6-10,12-13,18-19H2,1-5H3,(H,39,40). The topological polar surface area (TPSA) is 131 Å². The minimum atomic E-state index is -0.854. The Morgan fingerprint density at radius 1 is 1.04 bits per heavy atom. The van der Waals surface area contributed by atoms with Gasteiger partial charge in [-0.3, -0.25) is 15.0 Å². The van der Waals surface area contributed by atoms with Crippen LogP contribution in [-0.4, -0.2) is 66.6 Å². The molecule has 0 aliphatic carbocycles. The number of nitrogens with one attached hydrogen (secondary N) is 1. The lowest BCUT2D eigenvalue weighted by Crippen LogP contribution is -2.30. The Morgan fingerprint density at radius 2 is 1.80 bits per heavy atom. The van der Waals surface area contributed by atoms with Crippen molar-refractivity contribution in [2.45, 2.75) is 64.8 Å². The summed E-state index contributed by atoms with van der Waals surface area (Å²) < 4.78 is 38.2. The molecule has 0 spiro atoms. The summed E-state index contributed by atoms with van der Waals surface area (Å²) >= 11 is 1.58. The number of hydrogen-bond donors (Lipinski definition) is 2. The van der Waals surface area contributed by atoms with Crippen LogP contribution in [0.1, 0.15) is 78.5 Å². The SMILES string of the molecule is COc1cc2c(c(F)c1OC)C(=N)N(CC(=O)c1cc(OCCCc3nccs3)c(OCCCCC(=O)O)c(C(C)(C)C)c1)C2. The molecular weight excluding hydrogens is 601 g/mol. The molecule has 0 fully saturated rings. The van der Waals surface area contributed by atoms with Crippen LogP contribution in [0.5, 0.6) is 23.0 Å². The van der Waals surface area contributed by atoms with Gasteiger partial charge in [0.15, 0.2) is 34.6 Å². The number of Topliss-reactive ketones (excluding diaryl/α,β-unsaturated/α-hetero) is 1. The Balaban J connectivity index is 1.59. The summed E-state index contributed by atoms with van der Waals surface area (Å²) in [5.41, 5.74) is 1.34. The molecule has 242 valence electrons. The Bertz CT molecular complexity index is 1540. The van der Waals surface area contributed by atoms with Gasteiger partial charge in [0.05, 0.1) is 44.5 Å². The van der Waals surface area contributed by atoms with Crippen LogP contribution < -0.4 is 18.9 Å². The van der Waals surface area contributed by atoms with Gasteiger partial charge in [-0.1, -0.05) is 20.8 Å². The first kappa shape index (κ1) is 33.7. The second-order valence-electron chi connectivity index (χ2n) is 11.8. The van der Waals surface area contributed by atoms with Gasteiger partial charge in [-0.05, 0) is 48.4 Å². The van der Waals surface area contributed by atoms with Crippen LogP contribution in [0.15, 0.2) is 29.8 Å². The van der Waals surface area contributed by atoms with Crippen LogP contribution in [0.2, 0.25) is 0 Å². The lowest BCUT2D eigenvalue weighted by atomic mass is 9.84. The summed E-state index contributed by atoms with van der Waals surface area (Å²) in [7, 11) is 2.75. The number of unbranched alkanes of at least 4 members (excludes halogenated alkanes) is 1. The Hall–Kier alpha value is -4.19. The molecule has 45 heavy (non-hydrogen) atoms.